The van der Waals surface area contributed by atoms with Crippen LogP contribution in [0.25, 0.3) is 0 Å². The standard InChI is InChI=1S/C10H13N3O/c1-2-13-7-9(12-10(13)14)8-4-3-5-11-6-8/h3-6,9H,2,7H2,1H3,(H,12,14). The van der Waals surface area contributed by atoms with Crippen LogP contribution in [-0.2, 0) is 0 Å². The van der Waals surface area contributed by atoms with Crippen molar-refractivity contribution in [1.82, 2.24) is 15.2 Å². The number of nitrogens with one attached hydrogen (secondary N) is 1. The Hall–Kier alpha value is -1.58. The van der Waals surface area contributed by atoms with Crippen LogP contribution >= 0.6 is 0 Å². The van der Waals surface area contributed by atoms with Gasteiger partial charge in [-0.1, -0.05) is 6.07 Å². The third-order valence-electron chi connectivity index (χ3n) is 2.46. The number of hydrogen-bond donors (Lipinski definition) is 1. The number of amides is 2. The number of likely N-dealkylation sites (N-methyl/N-ethyl adjacent to an activating group) is 1. The van der Waals surface area contributed by atoms with E-state index in [-0.39, 0.29) is 12.1 Å². The predicted molar refractivity (Wildman–Crippen MR) is 52.8 cm³/mol. The second kappa shape index (κ2) is 3.65. The van der Waals surface area contributed by atoms with Gasteiger partial charge in [0.2, 0.25) is 0 Å². The third kappa shape index (κ3) is 1.55. The van der Waals surface area contributed by atoms with Gasteiger partial charge in [-0.15, -0.1) is 0 Å². The number of urea groups is 1. The minimum atomic E-state index is 0.0151. The van der Waals surface area contributed by atoms with Gasteiger partial charge in [-0.05, 0) is 18.6 Å². The zero-order valence-electron chi connectivity index (χ0n) is 8.10. The Morgan fingerprint density at radius 2 is 2.57 bits per heavy atom. The highest BCUT2D eigenvalue weighted by Gasteiger charge is 2.28. The second-order valence-corrected chi connectivity index (χ2v) is 3.33. The smallest absolute Gasteiger partial charge is 0.318 e. The fourth-order valence-electron chi connectivity index (χ4n) is 1.63. The summed E-state index contributed by atoms with van der Waals surface area (Å²) in [5, 5.41) is 2.92. The van der Waals surface area contributed by atoms with Crippen LogP contribution in [0.5, 0.6) is 0 Å². The van der Waals surface area contributed by atoms with E-state index in [1.165, 1.54) is 0 Å². The molecule has 1 aliphatic rings. The van der Waals surface area contributed by atoms with E-state index in [1.54, 1.807) is 17.3 Å². The van der Waals surface area contributed by atoms with Crippen molar-refractivity contribution in [2.45, 2.75) is 13.0 Å². The third-order valence-corrected chi connectivity index (χ3v) is 2.46. The molecule has 1 atom stereocenters. The minimum absolute atomic E-state index is 0.0151. The van der Waals surface area contributed by atoms with Crippen LogP contribution in [0, 0.1) is 0 Å². The lowest BCUT2D eigenvalue weighted by Crippen LogP contribution is -2.27. The topological polar surface area (TPSA) is 45.2 Å². The molecule has 1 N–H and O–H groups in total. The Balaban J connectivity index is 2.13. The molecule has 0 saturated carbocycles. The summed E-state index contributed by atoms with van der Waals surface area (Å²) in [5.41, 5.74) is 1.07. The zero-order valence-corrected chi connectivity index (χ0v) is 8.10. The monoisotopic (exact) mass is 191 g/mol. The summed E-state index contributed by atoms with van der Waals surface area (Å²) in [7, 11) is 0. The van der Waals surface area contributed by atoms with Gasteiger partial charge in [-0.3, -0.25) is 4.98 Å². The van der Waals surface area contributed by atoms with E-state index >= 15 is 0 Å². The lowest BCUT2D eigenvalue weighted by molar-refractivity contribution is 0.219. The Labute approximate surface area is 82.9 Å². The maximum atomic E-state index is 11.4. The van der Waals surface area contributed by atoms with Gasteiger partial charge in [0.25, 0.3) is 0 Å². The number of carbonyl (C=O) groups is 1. The highest BCUT2D eigenvalue weighted by atomic mass is 16.2. The van der Waals surface area contributed by atoms with Gasteiger partial charge in [0, 0.05) is 25.5 Å². The van der Waals surface area contributed by atoms with E-state index < -0.39 is 0 Å². The van der Waals surface area contributed by atoms with Gasteiger partial charge >= 0.3 is 6.03 Å². The van der Waals surface area contributed by atoms with Crippen molar-refractivity contribution in [3.05, 3.63) is 30.1 Å². The molecule has 2 amide bonds. The highest BCUT2D eigenvalue weighted by Crippen LogP contribution is 2.18. The van der Waals surface area contributed by atoms with Crippen molar-refractivity contribution in [3.8, 4) is 0 Å². The molecule has 14 heavy (non-hydrogen) atoms. The molecule has 1 aliphatic heterocycles. The molecular formula is C10H13N3O. The maximum Gasteiger partial charge on any atom is 0.318 e. The number of aromatic nitrogens is 1. The summed E-state index contributed by atoms with van der Waals surface area (Å²) >= 11 is 0. The van der Waals surface area contributed by atoms with E-state index in [0.717, 1.165) is 18.7 Å². The Kier molecular flexibility index (Phi) is 2.35. The fourth-order valence-corrected chi connectivity index (χ4v) is 1.63. The van der Waals surface area contributed by atoms with Crippen molar-refractivity contribution in [1.29, 1.82) is 0 Å². The Morgan fingerprint density at radius 1 is 1.71 bits per heavy atom. The van der Waals surface area contributed by atoms with Gasteiger partial charge in [0.05, 0.1) is 6.04 Å². The first-order valence-corrected chi connectivity index (χ1v) is 4.76. The molecule has 4 heteroatoms. The number of carbonyl (C=O) groups excluding carboxylic acids is 1. The van der Waals surface area contributed by atoms with E-state index in [4.69, 9.17) is 0 Å². The molecule has 1 aromatic heterocycles. The van der Waals surface area contributed by atoms with E-state index in [0.29, 0.717) is 0 Å². The van der Waals surface area contributed by atoms with Crippen molar-refractivity contribution >= 4 is 6.03 Å². The molecule has 0 aromatic carbocycles. The van der Waals surface area contributed by atoms with Crippen LogP contribution in [0.4, 0.5) is 4.79 Å². The van der Waals surface area contributed by atoms with Crippen molar-refractivity contribution in [2.75, 3.05) is 13.1 Å². The maximum absolute atomic E-state index is 11.4. The fraction of sp³-hybridized carbons (Fsp3) is 0.400. The first kappa shape index (κ1) is 8.99. The number of pyridine rings is 1. The van der Waals surface area contributed by atoms with E-state index in [2.05, 4.69) is 10.3 Å². The second-order valence-electron chi connectivity index (χ2n) is 3.33. The van der Waals surface area contributed by atoms with E-state index in [9.17, 15) is 4.79 Å². The summed E-state index contributed by atoms with van der Waals surface area (Å²) in [6.07, 6.45) is 3.53. The molecule has 74 valence electrons. The van der Waals surface area contributed by atoms with Gasteiger partial charge in [-0.25, -0.2) is 4.79 Å². The van der Waals surface area contributed by atoms with Crippen LogP contribution < -0.4 is 5.32 Å². The number of nitrogens with zero attached hydrogens (tertiary/aromatic N) is 2. The highest BCUT2D eigenvalue weighted by molar-refractivity contribution is 5.77. The lowest BCUT2D eigenvalue weighted by atomic mass is 10.1. The van der Waals surface area contributed by atoms with E-state index in [1.807, 2.05) is 19.1 Å². The van der Waals surface area contributed by atoms with Crippen molar-refractivity contribution in [2.24, 2.45) is 0 Å². The van der Waals surface area contributed by atoms with Crippen LogP contribution in [0.3, 0.4) is 0 Å². The molecule has 0 aliphatic carbocycles. The molecular weight excluding hydrogens is 178 g/mol. The predicted octanol–water partition coefficient (Wildman–Crippen LogP) is 1.17. The number of hydrogen-bond acceptors (Lipinski definition) is 2. The van der Waals surface area contributed by atoms with Gasteiger partial charge < -0.3 is 10.2 Å². The summed E-state index contributed by atoms with van der Waals surface area (Å²) in [6.45, 7) is 3.47. The van der Waals surface area contributed by atoms with Crippen LogP contribution in [-0.4, -0.2) is 29.0 Å². The van der Waals surface area contributed by atoms with Gasteiger partial charge in [0.15, 0.2) is 0 Å². The molecule has 2 heterocycles. The molecule has 0 radical (unpaired) electrons. The Morgan fingerprint density at radius 3 is 3.14 bits per heavy atom. The number of rotatable bonds is 2. The quantitative estimate of drug-likeness (QED) is 0.762. The molecule has 1 saturated heterocycles. The average molecular weight is 191 g/mol. The molecule has 1 fully saturated rings. The summed E-state index contributed by atoms with van der Waals surface area (Å²) in [6, 6.07) is 3.98. The largest absolute Gasteiger partial charge is 0.329 e. The van der Waals surface area contributed by atoms with Crippen molar-refractivity contribution in [3.63, 3.8) is 0 Å². The first-order valence-electron chi connectivity index (χ1n) is 4.76. The first-order chi connectivity index (χ1) is 6.81. The molecule has 4 nitrogen and oxygen atoms in total. The van der Waals surface area contributed by atoms with Crippen LogP contribution in [0.1, 0.15) is 18.5 Å². The molecule has 1 aromatic rings. The molecule has 0 spiro atoms. The zero-order chi connectivity index (χ0) is 9.97. The molecule has 2 rings (SSSR count). The SMILES string of the molecule is CCN1CC(c2cccnc2)NC1=O. The lowest BCUT2D eigenvalue weighted by Gasteiger charge is -2.10. The summed E-state index contributed by atoms with van der Waals surface area (Å²) in [5.74, 6) is 0. The Bertz CT molecular complexity index is 325. The summed E-state index contributed by atoms with van der Waals surface area (Å²) in [4.78, 5) is 17.2. The van der Waals surface area contributed by atoms with Gasteiger partial charge in [-0.2, -0.15) is 0 Å². The van der Waals surface area contributed by atoms with Gasteiger partial charge in [0.1, 0.15) is 0 Å². The van der Waals surface area contributed by atoms with Crippen molar-refractivity contribution < 1.29 is 4.79 Å². The molecule has 1 unspecified atom stereocenters. The normalized spacial score (nSPS) is 21.1. The molecule has 0 bridgehead atoms. The summed E-state index contributed by atoms with van der Waals surface area (Å²) < 4.78 is 0. The van der Waals surface area contributed by atoms with Crippen LogP contribution in [0.2, 0.25) is 0 Å². The minimum Gasteiger partial charge on any atom is -0.329 e. The average Bonchev–Trinajstić information content (AvgIpc) is 2.61. The van der Waals surface area contributed by atoms with Crippen LogP contribution in [0.15, 0.2) is 24.5 Å².